The predicted octanol–water partition coefficient (Wildman–Crippen LogP) is 6.91. The Morgan fingerprint density at radius 3 is 1.42 bits per heavy atom. The molecule has 12 atom stereocenters. The van der Waals surface area contributed by atoms with Crippen molar-refractivity contribution >= 4 is 11.9 Å². The van der Waals surface area contributed by atoms with Gasteiger partial charge in [-0.05, 0) is 135 Å². The fourth-order valence-electron chi connectivity index (χ4n) is 11.0. The molecular weight excluding hydrogens is 448 g/mol. The first-order chi connectivity index (χ1) is 17.2. The van der Waals surface area contributed by atoms with Gasteiger partial charge in [0.15, 0.2) is 0 Å². The van der Waals surface area contributed by atoms with Crippen molar-refractivity contribution in [1.29, 1.82) is 0 Å². The van der Waals surface area contributed by atoms with Crippen molar-refractivity contribution < 1.29 is 19.1 Å². The minimum atomic E-state index is -0.320. The molecule has 4 heteroatoms. The van der Waals surface area contributed by atoms with Gasteiger partial charge in [0.2, 0.25) is 0 Å². The van der Waals surface area contributed by atoms with E-state index in [0.717, 1.165) is 37.5 Å². The van der Waals surface area contributed by atoms with Crippen molar-refractivity contribution in [2.45, 2.75) is 79.1 Å². The molecule has 0 aliphatic heterocycles. The van der Waals surface area contributed by atoms with Crippen LogP contribution in [0, 0.1) is 70.0 Å². The quantitative estimate of drug-likeness (QED) is 0.340. The monoisotopic (exact) mass is 490 g/mol. The first-order valence-electron chi connectivity index (χ1n) is 14.7. The summed E-state index contributed by atoms with van der Waals surface area (Å²) in [6, 6.07) is 7.22. The van der Waals surface area contributed by atoms with E-state index in [4.69, 9.17) is 9.47 Å². The third kappa shape index (κ3) is 3.11. The number of esters is 2. The first-order valence-corrected chi connectivity index (χ1v) is 14.7. The van der Waals surface area contributed by atoms with Crippen LogP contribution in [0.25, 0.3) is 0 Å². The molecule has 1 aromatic rings. The van der Waals surface area contributed by atoms with Crippen molar-refractivity contribution in [3.8, 4) is 11.5 Å². The Bertz CT molecular complexity index is 993. The molecule has 1 aromatic carbocycles. The van der Waals surface area contributed by atoms with Crippen LogP contribution in [0.5, 0.6) is 11.5 Å². The average Bonchev–Trinajstić information content (AvgIpc) is 2.86. The second-order valence-corrected chi connectivity index (χ2v) is 14.2. The zero-order valence-electron chi connectivity index (χ0n) is 22.4. The molecule has 0 saturated heterocycles. The molecule has 8 saturated carbocycles. The van der Waals surface area contributed by atoms with Crippen LogP contribution in [0.2, 0.25) is 0 Å². The molecule has 8 aliphatic rings. The van der Waals surface area contributed by atoms with Gasteiger partial charge in [0.25, 0.3) is 0 Å². The molecule has 0 amide bonds. The SMILES string of the molecule is CC1C2CC3CC1C(C)C(C(=O)Oc1ccc(OC(=O)C45CC6CC(C4)C(C)C(C6)C5C)cc1)(C3)C2. The highest BCUT2D eigenvalue weighted by molar-refractivity contribution is 5.81. The fourth-order valence-corrected chi connectivity index (χ4v) is 11.0. The third-order valence-corrected chi connectivity index (χ3v) is 13.0. The molecule has 0 spiro atoms. The largest absolute Gasteiger partial charge is 0.426 e. The van der Waals surface area contributed by atoms with E-state index in [1.165, 1.54) is 25.7 Å². The zero-order valence-corrected chi connectivity index (χ0v) is 22.4. The standard InChI is InChI=1S/C32H42O4/c1-17-23-9-21-11-27(17)19(3)31(13-21,15-23)29(33)35-25-5-7-26(8-6-25)36-30(34)32-14-22-10-24(16-32)18(2)28(12-22)20(32)4/h5-8,17-24,27-28H,9-16H2,1-4H3. The number of rotatable bonds is 4. The lowest BCUT2D eigenvalue weighted by Gasteiger charge is -2.61. The fraction of sp³-hybridized carbons (Fsp3) is 0.750. The van der Waals surface area contributed by atoms with E-state index in [9.17, 15) is 9.59 Å². The van der Waals surface area contributed by atoms with E-state index in [1.54, 1.807) is 24.3 Å². The molecule has 8 aliphatic carbocycles. The second-order valence-electron chi connectivity index (χ2n) is 14.2. The lowest BCUT2D eigenvalue weighted by atomic mass is 9.42. The van der Waals surface area contributed by atoms with Crippen LogP contribution in [0.3, 0.4) is 0 Å². The summed E-state index contributed by atoms with van der Waals surface area (Å²) in [7, 11) is 0. The van der Waals surface area contributed by atoms with Crippen molar-refractivity contribution in [2.75, 3.05) is 0 Å². The van der Waals surface area contributed by atoms with Gasteiger partial charge in [0.1, 0.15) is 11.5 Å². The highest BCUT2D eigenvalue weighted by atomic mass is 16.5. The first kappa shape index (κ1) is 23.3. The Labute approximate surface area is 215 Å². The number of ether oxygens (including phenoxy) is 2. The summed E-state index contributed by atoms with van der Waals surface area (Å²) < 4.78 is 12.0. The third-order valence-electron chi connectivity index (χ3n) is 13.0. The minimum Gasteiger partial charge on any atom is -0.426 e. The van der Waals surface area contributed by atoms with Gasteiger partial charge in [0.05, 0.1) is 10.8 Å². The molecule has 194 valence electrons. The van der Waals surface area contributed by atoms with E-state index in [-0.39, 0.29) is 22.8 Å². The molecule has 0 heterocycles. The van der Waals surface area contributed by atoms with Crippen LogP contribution in [0.15, 0.2) is 24.3 Å². The Kier molecular flexibility index (Phi) is 5.07. The van der Waals surface area contributed by atoms with Crippen LogP contribution in [-0.4, -0.2) is 11.9 Å². The van der Waals surface area contributed by atoms with Crippen LogP contribution in [-0.2, 0) is 9.59 Å². The van der Waals surface area contributed by atoms with Crippen LogP contribution < -0.4 is 9.47 Å². The van der Waals surface area contributed by atoms with Gasteiger partial charge in [-0.1, -0.05) is 27.7 Å². The summed E-state index contributed by atoms with van der Waals surface area (Å²) in [6.45, 7) is 9.37. The van der Waals surface area contributed by atoms with E-state index in [2.05, 4.69) is 27.7 Å². The number of benzene rings is 1. The Morgan fingerprint density at radius 1 is 0.639 bits per heavy atom. The number of hydrogen-bond acceptors (Lipinski definition) is 4. The van der Waals surface area contributed by atoms with Gasteiger partial charge in [-0.15, -0.1) is 0 Å². The van der Waals surface area contributed by atoms with Crippen molar-refractivity contribution in [2.24, 2.45) is 70.0 Å². The van der Waals surface area contributed by atoms with Crippen molar-refractivity contribution in [1.82, 2.24) is 0 Å². The number of carbonyl (C=O) groups excluding carboxylic acids is 2. The van der Waals surface area contributed by atoms with Gasteiger partial charge in [-0.3, -0.25) is 9.59 Å². The molecule has 8 bridgehead atoms. The summed E-state index contributed by atoms with van der Waals surface area (Å²) >= 11 is 0. The maximum atomic E-state index is 13.6. The topological polar surface area (TPSA) is 52.6 Å². The molecule has 0 aromatic heterocycles. The van der Waals surface area contributed by atoms with Crippen LogP contribution >= 0.6 is 0 Å². The molecule has 4 nitrogen and oxygen atoms in total. The van der Waals surface area contributed by atoms with E-state index in [1.807, 2.05) is 0 Å². The van der Waals surface area contributed by atoms with Gasteiger partial charge in [-0.2, -0.15) is 0 Å². The molecular formula is C32H42O4. The smallest absolute Gasteiger partial charge is 0.317 e. The van der Waals surface area contributed by atoms with E-state index >= 15 is 0 Å². The van der Waals surface area contributed by atoms with Crippen LogP contribution in [0.4, 0.5) is 0 Å². The van der Waals surface area contributed by atoms with Gasteiger partial charge >= 0.3 is 11.9 Å². The van der Waals surface area contributed by atoms with Crippen molar-refractivity contribution in [3.05, 3.63) is 24.3 Å². The summed E-state index contributed by atoms with van der Waals surface area (Å²) in [5.74, 6) is 7.29. The van der Waals surface area contributed by atoms with E-state index < -0.39 is 0 Å². The Hall–Kier alpha value is -1.84. The van der Waals surface area contributed by atoms with Crippen molar-refractivity contribution in [3.63, 3.8) is 0 Å². The molecule has 12 unspecified atom stereocenters. The highest BCUT2D eigenvalue weighted by Gasteiger charge is 2.63. The molecule has 8 fully saturated rings. The Balaban J connectivity index is 1.04. The Morgan fingerprint density at radius 2 is 1.03 bits per heavy atom. The normalized spacial score (nSPS) is 49.8. The van der Waals surface area contributed by atoms with Crippen LogP contribution in [0.1, 0.15) is 79.1 Å². The average molecular weight is 491 g/mol. The summed E-state index contributed by atoms with van der Waals surface area (Å²) in [5.41, 5.74) is -0.639. The van der Waals surface area contributed by atoms with Gasteiger partial charge in [-0.25, -0.2) is 0 Å². The maximum absolute atomic E-state index is 13.6. The van der Waals surface area contributed by atoms with Gasteiger partial charge < -0.3 is 9.47 Å². The predicted molar refractivity (Wildman–Crippen MR) is 137 cm³/mol. The minimum absolute atomic E-state index is 0.0393. The van der Waals surface area contributed by atoms with E-state index in [0.29, 0.717) is 58.8 Å². The summed E-state index contributed by atoms with van der Waals surface area (Å²) in [6.07, 6.45) is 9.11. The molecule has 36 heavy (non-hydrogen) atoms. The lowest BCUT2D eigenvalue weighted by Crippen LogP contribution is -2.59. The molecule has 0 radical (unpaired) electrons. The number of carbonyl (C=O) groups is 2. The second kappa shape index (κ2) is 7.84. The number of hydrogen-bond donors (Lipinski definition) is 0. The zero-order chi connectivity index (χ0) is 25.0. The lowest BCUT2D eigenvalue weighted by molar-refractivity contribution is -0.181. The maximum Gasteiger partial charge on any atom is 0.317 e. The van der Waals surface area contributed by atoms with Gasteiger partial charge in [0, 0.05) is 0 Å². The summed E-state index contributed by atoms with van der Waals surface area (Å²) in [5, 5.41) is 0. The summed E-state index contributed by atoms with van der Waals surface area (Å²) in [4.78, 5) is 27.1. The molecule has 0 N–H and O–H groups in total. The molecule has 9 rings (SSSR count). The highest BCUT2D eigenvalue weighted by Crippen LogP contribution is 2.66.